The fourth-order valence-electron chi connectivity index (χ4n) is 2.54. The van der Waals surface area contributed by atoms with E-state index >= 15 is 0 Å². The maximum absolute atomic E-state index is 14.2. The molecule has 0 aliphatic rings. The molecule has 3 rings (SSSR count). The van der Waals surface area contributed by atoms with E-state index in [-0.39, 0.29) is 23.2 Å². The lowest BCUT2D eigenvalue weighted by Crippen LogP contribution is -2.26. The number of carbonyl (C=O) groups is 1. The van der Waals surface area contributed by atoms with Crippen molar-refractivity contribution in [3.63, 3.8) is 0 Å². The number of hydrogen-bond acceptors (Lipinski definition) is 6. The maximum Gasteiger partial charge on any atom is 0.252 e. The van der Waals surface area contributed by atoms with Crippen molar-refractivity contribution in [1.29, 1.82) is 0 Å². The highest BCUT2D eigenvalue weighted by molar-refractivity contribution is 5.99. The van der Waals surface area contributed by atoms with E-state index in [1.165, 1.54) is 0 Å². The number of fused-ring (bicyclic) bond motifs is 1. The summed E-state index contributed by atoms with van der Waals surface area (Å²) in [6.45, 7) is 2.10. The Bertz CT molecular complexity index is 969. The van der Waals surface area contributed by atoms with E-state index < -0.39 is 11.7 Å². The number of pyridine rings is 1. The molecule has 0 bridgehead atoms. The van der Waals surface area contributed by atoms with Gasteiger partial charge in [-0.3, -0.25) is 9.48 Å². The minimum Gasteiger partial charge on any atom is -0.365 e. The first-order valence-electron chi connectivity index (χ1n) is 8.04. The van der Waals surface area contributed by atoms with Crippen molar-refractivity contribution in [2.75, 3.05) is 17.2 Å². The molecule has 8 nitrogen and oxygen atoms in total. The third-order valence-electron chi connectivity index (χ3n) is 3.99. The largest absolute Gasteiger partial charge is 0.365 e. The number of halogens is 1. The number of nitrogens with one attached hydrogen (secondary N) is 2. The van der Waals surface area contributed by atoms with Crippen LogP contribution in [0.4, 0.5) is 21.7 Å². The van der Waals surface area contributed by atoms with Crippen LogP contribution in [0.2, 0.25) is 0 Å². The average molecular weight is 357 g/mol. The van der Waals surface area contributed by atoms with Crippen molar-refractivity contribution < 1.29 is 9.18 Å². The highest BCUT2D eigenvalue weighted by Crippen LogP contribution is 2.26. The Morgan fingerprint density at radius 1 is 1.35 bits per heavy atom. The van der Waals surface area contributed by atoms with E-state index in [2.05, 4.69) is 20.7 Å². The molecule has 0 radical (unpaired) electrons. The fraction of sp³-hybridized carbons (Fsp3) is 0.235. The van der Waals surface area contributed by atoms with Crippen LogP contribution in [0.25, 0.3) is 10.9 Å². The van der Waals surface area contributed by atoms with Crippen molar-refractivity contribution in [2.24, 2.45) is 18.5 Å². The fourth-order valence-corrected chi connectivity index (χ4v) is 2.54. The van der Waals surface area contributed by atoms with Crippen LogP contribution in [-0.2, 0) is 7.05 Å². The third kappa shape index (κ3) is 3.42. The standard InChI is InChI=1S/C17H20FN7O/c1-9(7-19)22-17-13(18)6-12(15(20)26)16(24-17)23-11-3-4-14-10(5-11)8-21-25(14)2/h3-6,8-9H,7,19H2,1-2H3,(H2,20,26)(H2,22,23,24). The first-order valence-corrected chi connectivity index (χ1v) is 8.04. The lowest BCUT2D eigenvalue weighted by Gasteiger charge is -2.16. The van der Waals surface area contributed by atoms with Gasteiger partial charge in [0.05, 0.1) is 17.3 Å². The van der Waals surface area contributed by atoms with Gasteiger partial charge in [0.2, 0.25) is 0 Å². The van der Waals surface area contributed by atoms with Crippen LogP contribution in [0.5, 0.6) is 0 Å². The molecular formula is C17H20FN7O. The molecule has 1 atom stereocenters. The second kappa shape index (κ2) is 6.96. The number of primary amides is 1. The van der Waals surface area contributed by atoms with E-state index in [0.717, 1.165) is 17.0 Å². The third-order valence-corrected chi connectivity index (χ3v) is 3.99. The van der Waals surface area contributed by atoms with E-state index in [1.54, 1.807) is 17.8 Å². The zero-order chi connectivity index (χ0) is 18.8. The van der Waals surface area contributed by atoms with Crippen molar-refractivity contribution in [1.82, 2.24) is 14.8 Å². The van der Waals surface area contributed by atoms with E-state index in [1.807, 2.05) is 25.2 Å². The molecule has 9 heteroatoms. The van der Waals surface area contributed by atoms with Gasteiger partial charge in [-0.15, -0.1) is 0 Å². The number of nitrogens with two attached hydrogens (primary N) is 2. The number of benzene rings is 1. The number of aromatic nitrogens is 3. The van der Waals surface area contributed by atoms with Gasteiger partial charge in [0.1, 0.15) is 5.82 Å². The number of anilines is 3. The minimum absolute atomic E-state index is 0.00194. The maximum atomic E-state index is 14.2. The zero-order valence-corrected chi connectivity index (χ0v) is 14.5. The zero-order valence-electron chi connectivity index (χ0n) is 14.5. The molecular weight excluding hydrogens is 337 g/mol. The quantitative estimate of drug-likeness (QED) is 0.532. The molecule has 0 fully saturated rings. The van der Waals surface area contributed by atoms with Gasteiger partial charge in [0, 0.05) is 30.7 Å². The second-order valence-electron chi connectivity index (χ2n) is 6.03. The number of hydrogen-bond donors (Lipinski definition) is 4. The number of nitrogens with zero attached hydrogens (tertiary/aromatic N) is 3. The van der Waals surface area contributed by atoms with E-state index in [0.29, 0.717) is 12.2 Å². The molecule has 0 saturated heterocycles. The van der Waals surface area contributed by atoms with Crippen LogP contribution >= 0.6 is 0 Å². The Kier molecular flexibility index (Phi) is 4.72. The molecule has 0 aliphatic heterocycles. The minimum atomic E-state index is -0.778. The summed E-state index contributed by atoms with van der Waals surface area (Å²) in [6, 6.07) is 6.43. The smallest absolute Gasteiger partial charge is 0.252 e. The van der Waals surface area contributed by atoms with Crippen LogP contribution in [0, 0.1) is 5.82 Å². The van der Waals surface area contributed by atoms with Gasteiger partial charge in [-0.1, -0.05) is 0 Å². The van der Waals surface area contributed by atoms with Gasteiger partial charge in [-0.05, 0) is 31.2 Å². The van der Waals surface area contributed by atoms with E-state index in [9.17, 15) is 9.18 Å². The summed E-state index contributed by atoms with van der Waals surface area (Å²) >= 11 is 0. The van der Waals surface area contributed by atoms with Crippen molar-refractivity contribution in [3.8, 4) is 0 Å². The monoisotopic (exact) mass is 357 g/mol. The average Bonchev–Trinajstić information content (AvgIpc) is 2.97. The van der Waals surface area contributed by atoms with Crippen molar-refractivity contribution in [3.05, 3.63) is 41.8 Å². The Morgan fingerprint density at radius 2 is 2.12 bits per heavy atom. The Hall–Kier alpha value is -3.20. The van der Waals surface area contributed by atoms with Gasteiger partial charge in [-0.2, -0.15) is 5.10 Å². The summed E-state index contributed by atoms with van der Waals surface area (Å²) in [4.78, 5) is 15.9. The Morgan fingerprint density at radius 3 is 2.81 bits per heavy atom. The topological polar surface area (TPSA) is 124 Å². The number of aryl methyl sites for hydroxylation is 1. The number of rotatable bonds is 6. The van der Waals surface area contributed by atoms with Crippen LogP contribution in [0.15, 0.2) is 30.5 Å². The van der Waals surface area contributed by atoms with Crippen LogP contribution in [0.1, 0.15) is 17.3 Å². The lowest BCUT2D eigenvalue weighted by molar-refractivity contribution is 0.100. The first-order chi connectivity index (χ1) is 12.4. The Labute approximate surface area is 149 Å². The van der Waals surface area contributed by atoms with Gasteiger partial charge in [0.15, 0.2) is 11.6 Å². The summed E-state index contributed by atoms with van der Waals surface area (Å²) in [5.41, 5.74) is 12.5. The molecule has 6 N–H and O–H groups in total. The molecule has 26 heavy (non-hydrogen) atoms. The summed E-state index contributed by atoms with van der Waals surface area (Å²) in [5.74, 6) is -1.29. The van der Waals surface area contributed by atoms with Crippen molar-refractivity contribution in [2.45, 2.75) is 13.0 Å². The number of carbonyl (C=O) groups excluding carboxylic acids is 1. The van der Waals surface area contributed by atoms with Crippen LogP contribution in [0.3, 0.4) is 0 Å². The van der Waals surface area contributed by atoms with E-state index in [4.69, 9.17) is 11.5 Å². The van der Waals surface area contributed by atoms with Gasteiger partial charge in [0.25, 0.3) is 5.91 Å². The lowest BCUT2D eigenvalue weighted by atomic mass is 10.2. The molecule has 0 saturated carbocycles. The van der Waals surface area contributed by atoms with Crippen LogP contribution < -0.4 is 22.1 Å². The number of amides is 1. The highest BCUT2D eigenvalue weighted by atomic mass is 19.1. The summed E-state index contributed by atoms with van der Waals surface area (Å²) in [7, 11) is 1.85. The molecule has 2 aromatic heterocycles. The first kappa shape index (κ1) is 17.6. The van der Waals surface area contributed by atoms with Gasteiger partial charge < -0.3 is 22.1 Å². The molecule has 0 aliphatic carbocycles. The predicted octanol–water partition coefficient (Wildman–Crippen LogP) is 1.71. The van der Waals surface area contributed by atoms with Crippen LogP contribution in [-0.4, -0.2) is 33.3 Å². The molecule has 136 valence electrons. The molecule has 0 spiro atoms. The molecule has 3 aromatic rings. The highest BCUT2D eigenvalue weighted by Gasteiger charge is 2.17. The normalized spacial score (nSPS) is 12.2. The van der Waals surface area contributed by atoms with Gasteiger partial charge in [-0.25, -0.2) is 9.37 Å². The molecule has 1 unspecified atom stereocenters. The molecule has 1 aromatic carbocycles. The molecule has 2 heterocycles. The molecule has 1 amide bonds. The SMILES string of the molecule is CC(CN)Nc1nc(Nc2ccc3c(cnn3C)c2)c(C(N)=O)cc1F. The van der Waals surface area contributed by atoms with Crippen molar-refractivity contribution >= 4 is 34.1 Å². The summed E-state index contributed by atoms with van der Waals surface area (Å²) in [6.07, 6.45) is 1.73. The Balaban J connectivity index is 2.00. The summed E-state index contributed by atoms with van der Waals surface area (Å²) in [5, 5.41) is 11.0. The predicted molar refractivity (Wildman–Crippen MR) is 98.8 cm³/mol. The van der Waals surface area contributed by atoms with Gasteiger partial charge >= 0.3 is 0 Å². The summed E-state index contributed by atoms with van der Waals surface area (Å²) < 4.78 is 16.0. The second-order valence-corrected chi connectivity index (χ2v) is 6.03.